The highest BCUT2D eigenvalue weighted by Gasteiger charge is 2.12. The maximum absolute atomic E-state index is 13.0. The van der Waals surface area contributed by atoms with Crippen molar-refractivity contribution in [1.82, 2.24) is 0 Å². The third kappa shape index (κ3) is 1.89. The van der Waals surface area contributed by atoms with E-state index in [0.29, 0.717) is 10.6 Å². The summed E-state index contributed by atoms with van der Waals surface area (Å²) in [4.78, 5) is 0. The quantitative estimate of drug-likeness (QED) is 0.794. The molecule has 4 heteroatoms. The average Bonchev–Trinajstić information content (AvgIpc) is 2.08. The summed E-state index contributed by atoms with van der Waals surface area (Å²) < 4.78 is 13.0. The summed E-state index contributed by atoms with van der Waals surface area (Å²) in [6, 6.07) is 4.83. The minimum absolute atomic E-state index is 0.0833. The SMILES string of the molecule is NCC(F)c1cccc(Cl)c1Cl. The highest BCUT2D eigenvalue weighted by Crippen LogP contribution is 2.30. The Kier molecular flexibility index (Phi) is 3.32. The zero-order chi connectivity index (χ0) is 9.14. The number of hydrogen-bond acceptors (Lipinski definition) is 1. The maximum Gasteiger partial charge on any atom is 0.139 e. The molecular formula is C8H8Cl2FN. The second kappa shape index (κ2) is 4.08. The summed E-state index contributed by atoms with van der Waals surface area (Å²) in [5.41, 5.74) is 5.50. The van der Waals surface area contributed by atoms with Crippen molar-refractivity contribution in [3.8, 4) is 0 Å². The molecule has 1 unspecified atom stereocenters. The zero-order valence-corrected chi connectivity index (χ0v) is 7.74. The highest BCUT2D eigenvalue weighted by molar-refractivity contribution is 6.42. The lowest BCUT2D eigenvalue weighted by Gasteiger charge is -2.08. The third-order valence-corrected chi connectivity index (χ3v) is 2.36. The van der Waals surface area contributed by atoms with Crippen LogP contribution in [0.2, 0.25) is 10.0 Å². The van der Waals surface area contributed by atoms with E-state index >= 15 is 0 Å². The summed E-state index contributed by atoms with van der Waals surface area (Å²) >= 11 is 11.4. The van der Waals surface area contributed by atoms with Crippen molar-refractivity contribution in [3.05, 3.63) is 33.8 Å². The predicted molar refractivity (Wildman–Crippen MR) is 49.4 cm³/mol. The van der Waals surface area contributed by atoms with E-state index in [2.05, 4.69) is 0 Å². The average molecular weight is 208 g/mol. The molecule has 66 valence electrons. The van der Waals surface area contributed by atoms with Crippen molar-refractivity contribution in [2.24, 2.45) is 5.73 Å². The van der Waals surface area contributed by atoms with Gasteiger partial charge in [-0.2, -0.15) is 0 Å². The molecule has 0 aliphatic carbocycles. The summed E-state index contributed by atoms with van der Waals surface area (Å²) in [6.45, 7) is -0.0833. The van der Waals surface area contributed by atoms with Gasteiger partial charge < -0.3 is 5.73 Å². The number of hydrogen-bond donors (Lipinski definition) is 1. The molecule has 0 aliphatic heterocycles. The van der Waals surface area contributed by atoms with Crippen LogP contribution in [-0.2, 0) is 0 Å². The van der Waals surface area contributed by atoms with E-state index in [1.165, 1.54) is 0 Å². The molecule has 2 N–H and O–H groups in total. The van der Waals surface area contributed by atoms with E-state index in [9.17, 15) is 4.39 Å². The van der Waals surface area contributed by atoms with Gasteiger partial charge in [0.25, 0.3) is 0 Å². The van der Waals surface area contributed by atoms with Crippen LogP contribution in [0.5, 0.6) is 0 Å². The standard InChI is InChI=1S/C8H8Cl2FN/c9-6-3-1-2-5(8(6)10)7(11)4-12/h1-3,7H,4,12H2. The van der Waals surface area contributed by atoms with Crippen LogP contribution in [0, 0.1) is 0 Å². The predicted octanol–water partition coefficient (Wildman–Crippen LogP) is 2.96. The first kappa shape index (κ1) is 9.78. The Hall–Kier alpha value is -0.310. The zero-order valence-electron chi connectivity index (χ0n) is 6.23. The molecule has 0 spiro atoms. The van der Waals surface area contributed by atoms with Crippen molar-refractivity contribution in [3.63, 3.8) is 0 Å². The molecule has 0 saturated heterocycles. The van der Waals surface area contributed by atoms with Gasteiger partial charge >= 0.3 is 0 Å². The van der Waals surface area contributed by atoms with Crippen molar-refractivity contribution in [1.29, 1.82) is 0 Å². The fourth-order valence-electron chi connectivity index (χ4n) is 0.889. The van der Waals surface area contributed by atoms with Crippen LogP contribution in [0.25, 0.3) is 0 Å². The Morgan fingerprint density at radius 2 is 2.08 bits per heavy atom. The van der Waals surface area contributed by atoms with E-state index in [-0.39, 0.29) is 11.6 Å². The molecule has 1 nitrogen and oxygen atoms in total. The minimum atomic E-state index is -1.24. The second-order valence-corrected chi connectivity index (χ2v) is 3.13. The van der Waals surface area contributed by atoms with E-state index in [1.54, 1.807) is 18.2 Å². The number of benzene rings is 1. The van der Waals surface area contributed by atoms with Crippen molar-refractivity contribution in [2.45, 2.75) is 6.17 Å². The monoisotopic (exact) mass is 207 g/mol. The van der Waals surface area contributed by atoms with Crippen molar-refractivity contribution in [2.75, 3.05) is 6.54 Å². The van der Waals surface area contributed by atoms with E-state index in [1.807, 2.05) is 0 Å². The normalized spacial score (nSPS) is 13.0. The molecular weight excluding hydrogens is 200 g/mol. The van der Waals surface area contributed by atoms with Gasteiger partial charge in [-0.25, -0.2) is 4.39 Å². The lowest BCUT2D eigenvalue weighted by atomic mass is 10.1. The fourth-order valence-corrected chi connectivity index (χ4v) is 1.32. The molecule has 1 aromatic rings. The van der Waals surface area contributed by atoms with Crippen LogP contribution < -0.4 is 5.73 Å². The molecule has 0 fully saturated rings. The van der Waals surface area contributed by atoms with Gasteiger partial charge in [0, 0.05) is 12.1 Å². The van der Waals surface area contributed by atoms with Crippen LogP contribution in [0.15, 0.2) is 18.2 Å². The Bertz CT molecular complexity index is 278. The van der Waals surface area contributed by atoms with Gasteiger partial charge in [0.1, 0.15) is 6.17 Å². The molecule has 0 radical (unpaired) electrons. The smallest absolute Gasteiger partial charge is 0.139 e. The Labute approximate surface area is 80.3 Å². The first-order valence-corrected chi connectivity index (χ1v) is 4.20. The molecule has 0 aliphatic rings. The molecule has 1 atom stereocenters. The van der Waals surface area contributed by atoms with Gasteiger partial charge in [-0.15, -0.1) is 0 Å². The number of alkyl halides is 1. The van der Waals surface area contributed by atoms with Crippen LogP contribution in [0.4, 0.5) is 4.39 Å². The highest BCUT2D eigenvalue weighted by atomic mass is 35.5. The van der Waals surface area contributed by atoms with Crippen LogP contribution in [0.1, 0.15) is 11.7 Å². The molecule has 12 heavy (non-hydrogen) atoms. The topological polar surface area (TPSA) is 26.0 Å². The molecule has 0 amide bonds. The van der Waals surface area contributed by atoms with Crippen molar-refractivity contribution < 1.29 is 4.39 Å². The summed E-state index contributed by atoms with van der Waals surface area (Å²) in [5.74, 6) is 0. The van der Waals surface area contributed by atoms with E-state index in [4.69, 9.17) is 28.9 Å². The first-order valence-electron chi connectivity index (χ1n) is 3.45. The van der Waals surface area contributed by atoms with Crippen LogP contribution >= 0.6 is 23.2 Å². The van der Waals surface area contributed by atoms with Gasteiger partial charge in [0.15, 0.2) is 0 Å². The lowest BCUT2D eigenvalue weighted by Crippen LogP contribution is -2.08. The van der Waals surface area contributed by atoms with Gasteiger partial charge in [-0.05, 0) is 6.07 Å². The maximum atomic E-state index is 13.0. The van der Waals surface area contributed by atoms with Gasteiger partial charge in [-0.3, -0.25) is 0 Å². The van der Waals surface area contributed by atoms with Crippen LogP contribution in [0.3, 0.4) is 0 Å². The molecule has 0 heterocycles. The summed E-state index contributed by atoms with van der Waals surface area (Å²) in [5, 5.41) is 0.599. The van der Waals surface area contributed by atoms with Crippen LogP contribution in [-0.4, -0.2) is 6.54 Å². The lowest BCUT2D eigenvalue weighted by molar-refractivity contribution is 0.353. The molecule has 0 saturated carbocycles. The van der Waals surface area contributed by atoms with E-state index < -0.39 is 6.17 Å². The largest absolute Gasteiger partial charge is 0.327 e. The summed E-state index contributed by atoms with van der Waals surface area (Å²) in [6.07, 6.45) is -1.24. The Balaban J connectivity index is 3.07. The number of nitrogens with two attached hydrogens (primary N) is 1. The number of halogens is 3. The number of rotatable bonds is 2. The molecule has 0 aromatic heterocycles. The Morgan fingerprint density at radius 3 is 2.67 bits per heavy atom. The third-order valence-electron chi connectivity index (χ3n) is 1.53. The minimum Gasteiger partial charge on any atom is -0.327 e. The van der Waals surface area contributed by atoms with Gasteiger partial charge in [0.05, 0.1) is 10.0 Å². The van der Waals surface area contributed by atoms with Gasteiger partial charge in [-0.1, -0.05) is 35.3 Å². The van der Waals surface area contributed by atoms with Crippen molar-refractivity contribution >= 4 is 23.2 Å². The fraction of sp³-hybridized carbons (Fsp3) is 0.250. The van der Waals surface area contributed by atoms with E-state index in [0.717, 1.165) is 0 Å². The molecule has 1 rings (SSSR count). The Morgan fingerprint density at radius 1 is 1.42 bits per heavy atom. The molecule has 0 bridgehead atoms. The second-order valence-electron chi connectivity index (χ2n) is 2.35. The summed E-state index contributed by atoms with van der Waals surface area (Å²) in [7, 11) is 0. The first-order chi connectivity index (χ1) is 5.66. The molecule has 1 aromatic carbocycles. The van der Waals surface area contributed by atoms with Gasteiger partial charge in [0.2, 0.25) is 0 Å².